The molecule has 8 nitrogen and oxygen atoms in total. The number of ether oxygens (including phenoxy) is 2. The average Bonchev–Trinajstić information content (AvgIpc) is 3.33. The molecule has 0 radical (unpaired) electrons. The van der Waals surface area contributed by atoms with Crippen LogP contribution in [0.4, 0.5) is 0 Å². The zero-order chi connectivity index (χ0) is 25.9. The van der Waals surface area contributed by atoms with E-state index in [0.29, 0.717) is 35.9 Å². The average molecular weight is 492 g/mol. The smallest absolute Gasteiger partial charge is 0.330 e. The SMILES string of the molecule is C=CC(=O)OC1CCCCC1OC(=O)CCc1cc(-c2cccc3n[nH]nc23)c(O)c(C(C)(C)C)c1. The van der Waals surface area contributed by atoms with E-state index in [2.05, 4.69) is 22.0 Å². The number of aryl methyl sites for hydroxylation is 1. The lowest BCUT2D eigenvalue weighted by atomic mass is 9.82. The molecule has 4 rings (SSSR count). The van der Waals surface area contributed by atoms with Crippen molar-refractivity contribution in [2.75, 3.05) is 0 Å². The van der Waals surface area contributed by atoms with Crippen molar-refractivity contribution in [3.63, 3.8) is 0 Å². The van der Waals surface area contributed by atoms with Crippen LogP contribution >= 0.6 is 0 Å². The number of esters is 2. The van der Waals surface area contributed by atoms with E-state index in [1.54, 1.807) is 0 Å². The van der Waals surface area contributed by atoms with E-state index in [1.165, 1.54) is 0 Å². The van der Waals surface area contributed by atoms with E-state index in [9.17, 15) is 14.7 Å². The van der Waals surface area contributed by atoms with Crippen molar-refractivity contribution in [1.82, 2.24) is 15.4 Å². The van der Waals surface area contributed by atoms with Gasteiger partial charge in [0.25, 0.3) is 0 Å². The van der Waals surface area contributed by atoms with E-state index in [4.69, 9.17) is 9.47 Å². The molecule has 36 heavy (non-hydrogen) atoms. The number of aromatic hydroxyl groups is 1. The van der Waals surface area contributed by atoms with Gasteiger partial charge in [-0.3, -0.25) is 4.79 Å². The molecule has 1 aliphatic carbocycles. The number of nitrogens with one attached hydrogen (secondary N) is 1. The fourth-order valence-corrected chi connectivity index (χ4v) is 4.70. The third-order valence-corrected chi connectivity index (χ3v) is 6.59. The minimum atomic E-state index is -0.503. The summed E-state index contributed by atoms with van der Waals surface area (Å²) in [5.74, 6) is -0.651. The number of fused-ring (bicyclic) bond motifs is 1. The molecule has 0 spiro atoms. The Bertz CT molecular complexity index is 1270. The molecule has 2 atom stereocenters. The molecule has 3 aromatic rings. The van der Waals surface area contributed by atoms with Gasteiger partial charge in [0.2, 0.25) is 0 Å². The summed E-state index contributed by atoms with van der Waals surface area (Å²) in [5.41, 5.74) is 4.16. The van der Waals surface area contributed by atoms with Crippen LogP contribution in [0.1, 0.15) is 64.0 Å². The number of hydrogen-bond donors (Lipinski definition) is 2. The number of benzene rings is 2. The van der Waals surface area contributed by atoms with Crippen molar-refractivity contribution in [1.29, 1.82) is 0 Å². The minimum absolute atomic E-state index is 0.167. The van der Waals surface area contributed by atoms with Crippen LogP contribution in [0.15, 0.2) is 43.0 Å². The number of carbonyl (C=O) groups excluding carboxylic acids is 2. The molecule has 2 aromatic carbocycles. The van der Waals surface area contributed by atoms with Crippen molar-refractivity contribution >= 4 is 23.0 Å². The second-order valence-corrected chi connectivity index (χ2v) is 10.3. The molecule has 0 saturated heterocycles. The van der Waals surface area contributed by atoms with Crippen LogP contribution in [0.5, 0.6) is 5.75 Å². The van der Waals surface area contributed by atoms with Crippen LogP contribution in [0.2, 0.25) is 0 Å². The maximum absolute atomic E-state index is 12.8. The predicted octanol–water partition coefficient (Wildman–Crippen LogP) is 5.14. The molecule has 0 amide bonds. The summed E-state index contributed by atoms with van der Waals surface area (Å²) in [7, 11) is 0. The molecule has 1 saturated carbocycles. The van der Waals surface area contributed by atoms with E-state index in [1.807, 2.05) is 51.1 Å². The van der Waals surface area contributed by atoms with E-state index < -0.39 is 18.2 Å². The largest absolute Gasteiger partial charge is 0.507 e. The molecule has 0 bridgehead atoms. The summed E-state index contributed by atoms with van der Waals surface area (Å²) in [5, 5.41) is 22.3. The first-order chi connectivity index (χ1) is 17.2. The number of para-hydroxylation sites is 1. The highest BCUT2D eigenvalue weighted by molar-refractivity contribution is 5.93. The van der Waals surface area contributed by atoms with Gasteiger partial charge in [-0.05, 0) is 55.2 Å². The van der Waals surface area contributed by atoms with E-state index in [0.717, 1.165) is 35.6 Å². The van der Waals surface area contributed by atoms with Gasteiger partial charge in [0.1, 0.15) is 29.0 Å². The molecule has 2 N–H and O–H groups in total. The first-order valence-corrected chi connectivity index (χ1v) is 12.4. The van der Waals surface area contributed by atoms with Gasteiger partial charge in [-0.15, -0.1) is 0 Å². The number of aromatic nitrogens is 3. The fraction of sp³-hybridized carbons (Fsp3) is 0.429. The van der Waals surface area contributed by atoms with Crippen molar-refractivity contribution in [2.24, 2.45) is 0 Å². The van der Waals surface area contributed by atoms with E-state index >= 15 is 0 Å². The molecular formula is C28H33N3O5. The summed E-state index contributed by atoms with van der Waals surface area (Å²) in [6.45, 7) is 9.55. The van der Waals surface area contributed by atoms with Crippen LogP contribution in [-0.4, -0.2) is 44.7 Å². The van der Waals surface area contributed by atoms with Crippen molar-refractivity contribution in [3.05, 3.63) is 54.1 Å². The zero-order valence-corrected chi connectivity index (χ0v) is 21.0. The second kappa shape index (κ2) is 10.5. The van der Waals surface area contributed by atoms with Crippen LogP contribution < -0.4 is 0 Å². The van der Waals surface area contributed by atoms with Crippen LogP contribution in [0.25, 0.3) is 22.2 Å². The van der Waals surface area contributed by atoms with Gasteiger partial charge in [-0.2, -0.15) is 15.4 Å². The fourth-order valence-electron chi connectivity index (χ4n) is 4.70. The van der Waals surface area contributed by atoms with Gasteiger partial charge >= 0.3 is 11.9 Å². The van der Waals surface area contributed by atoms with Gasteiger partial charge in [-0.1, -0.05) is 45.5 Å². The van der Waals surface area contributed by atoms with Crippen LogP contribution in [-0.2, 0) is 30.9 Å². The molecule has 8 heteroatoms. The minimum Gasteiger partial charge on any atom is -0.507 e. The number of hydrogen-bond acceptors (Lipinski definition) is 7. The molecule has 1 aromatic heterocycles. The maximum atomic E-state index is 12.8. The highest BCUT2D eigenvalue weighted by Crippen LogP contribution is 2.41. The highest BCUT2D eigenvalue weighted by Gasteiger charge is 2.31. The number of rotatable bonds is 7. The molecule has 0 aliphatic heterocycles. The number of H-pyrrole nitrogens is 1. The molecule has 1 fully saturated rings. The Morgan fingerprint density at radius 2 is 1.83 bits per heavy atom. The lowest BCUT2D eigenvalue weighted by Crippen LogP contribution is -2.37. The Hall–Kier alpha value is -3.68. The van der Waals surface area contributed by atoms with Gasteiger partial charge in [-0.25, -0.2) is 4.79 Å². The third-order valence-electron chi connectivity index (χ3n) is 6.59. The van der Waals surface area contributed by atoms with Gasteiger partial charge < -0.3 is 14.6 Å². The highest BCUT2D eigenvalue weighted by atomic mass is 16.6. The Balaban J connectivity index is 1.55. The molecular weight excluding hydrogens is 458 g/mol. The summed E-state index contributed by atoms with van der Waals surface area (Å²) in [6, 6.07) is 9.48. The summed E-state index contributed by atoms with van der Waals surface area (Å²) in [6.07, 6.45) is 4.03. The monoisotopic (exact) mass is 491 g/mol. The summed E-state index contributed by atoms with van der Waals surface area (Å²) < 4.78 is 11.1. The number of nitrogens with zero attached hydrogens (tertiary/aromatic N) is 2. The van der Waals surface area contributed by atoms with E-state index in [-0.39, 0.29) is 23.6 Å². The van der Waals surface area contributed by atoms with Gasteiger partial charge in [0.15, 0.2) is 0 Å². The van der Waals surface area contributed by atoms with Crippen LogP contribution in [0, 0.1) is 0 Å². The summed E-state index contributed by atoms with van der Waals surface area (Å²) >= 11 is 0. The topological polar surface area (TPSA) is 114 Å². The zero-order valence-electron chi connectivity index (χ0n) is 21.0. The maximum Gasteiger partial charge on any atom is 0.330 e. The van der Waals surface area contributed by atoms with Gasteiger partial charge in [0.05, 0.1) is 0 Å². The molecule has 1 heterocycles. The number of carbonyl (C=O) groups is 2. The Morgan fingerprint density at radius 3 is 2.53 bits per heavy atom. The number of phenolic OH excluding ortho intramolecular Hbond substituents is 1. The Labute approximate surface area is 210 Å². The molecule has 190 valence electrons. The quantitative estimate of drug-likeness (QED) is 0.347. The lowest BCUT2D eigenvalue weighted by Gasteiger charge is -2.30. The molecule has 2 unspecified atom stereocenters. The first-order valence-electron chi connectivity index (χ1n) is 12.4. The van der Waals surface area contributed by atoms with Gasteiger partial charge in [0, 0.05) is 29.2 Å². The van der Waals surface area contributed by atoms with Crippen LogP contribution in [0.3, 0.4) is 0 Å². The number of aromatic amines is 1. The summed E-state index contributed by atoms with van der Waals surface area (Å²) in [4.78, 5) is 24.4. The number of phenols is 1. The Kier molecular flexibility index (Phi) is 7.43. The van der Waals surface area contributed by atoms with Crippen molar-refractivity contribution in [3.8, 4) is 16.9 Å². The third kappa shape index (κ3) is 5.58. The van der Waals surface area contributed by atoms with Crippen molar-refractivity contribution < 1.29 is 24.2 Å². The standard InChI is InChI=1S/C28H33N3O5/c1-5-24(32)35-22-11-6-7-12-23(22)36-25(33)14-13-17-15-19(27(34)20(16-17)28(2,3)4)18-9-8-10-21-26(18)30-31-29-21/h5,8-10,15-16,22-23,34H,1,6-7,11-14H2,2-4H3,(H,29,30,31). The first kappa shape index (κ1) is 25.4. The van der Waals surface area contributed by atoms with Crippen molar-refractivity contribution in [2.45, 2.75) is 76.9 Å². The normalized spacial score (nSPS) is 18.1. The Morgan fingerprint density at radius 1 is 1.11 bits per heavy atom. The second-order valence-electron chi connectivity index (χ2n) is 10.3. The molecule has 1 aliphatic rings. The lowest BCUT2D eigenvalue weighted by molar-refractivity contribution is -0.168. The predicted molar refractivity (Wildman–Crippen MR) is 136 cm³/mol.